The molecule has 3 heterocycles. The molecule has 0 bridgehead atoms. The van der Waals surface area contributed by atoms with Crippen molar-refractivity contribution in [3.8, 4) is 0 Å². The molecule has 1 atom stereocenters. The van der Waals surface area contributed by atoms with Crippen molar-refractivity contribution in [2.75, 3.05) is 12.4 Å². The smallest absolute Gasteiger partial charge is 0.319 e. The zero-order valence-corrected chi connectivity index (χ0v) is 12.5. The van der Waals surface area contributed by atoms with E-state index in [0.717, 1.165) is 23.8 Å². The molecule has 0 radical (unpaired) electrons. The van der Waals surface area contributed by atoms with Gasteiger partial charge in [0.25, 0.3) is 0 Å². The van der Waals surface area contributed by atoms with E-state index in [2.05, 4.69) is 15.2 Å². The van der Waals surface area contributed by atoms with Crippen molar-refractivity contribution in [3.05, 3.63) is 24.0 Å². The Balaban J connectivity index is 1.68. The third-order valence-electron chi connectivity index (χ3n) is 3.45. The predicted octanol–water partition coefficient (Wildman–Crippen LogP) is 2.12. The van der Waals surface area contributed by atoms with Crippen molar-refractivity contribution in [3.63, 3.8) is 0 Å². The van der Waals surface area contributed by atoms with Crippen molar-refractivity contribution < 1.29 is 13.5 Å². The van der Waals surface area contributed by atoms with Crippen LogP contribution in [0.15, 0.2) is 17.6 Å². The predicted molar refractivity (Wildman–Crippen MR) is 75.8 cm³/mol. The first-order valence-electron chi connectivity index (χ1n) is 6.91. The summed E-state index contributed by atoms with van der Waals surface area (Å²) in [6, 6.07) is 0. The molecule has 3 rings (SSSR count). The maximum Gasteiger partial charge on any atom is 0.319 e. The van der Waals surface area contributed by atoms with Crippen LogP contribution in [0.5, 0.6) is 0 Å². The molecule has 1 aliphatic heterocycles. The van der Waals surface area contributed by atoms with Gasteiger partial charge in [-0.2, -0.15) is 8.78 Å². The van der Waals surface area contributed by atoms with Gasteiger partial charge in [0.1, 0.15) is 11.9 Å². The van der Waals surface area contributed by atoms with Gasteiger partial charge in [0, 0.05) is 19.0 Å². The van der Waals surface area contributed by atoms with E-state index in [4.69, 9.17) is 10.6 Å². The monoisotopic (exact) mass is 330 g/mol. The number of nitrogens with two attached hydrogens (primary N) is 1. The summed E-state index contributed by atoms with van der Waals surface area (Å²) in [6.45, 7) is -1.92. The van der Waals surface area contributed by atoms with Gasteiger partial charge in [-0.1, -0.05) is 11.8 Å². The molecule has 10 heteroatoms. The second-order valence-electron chi connectivity index (χ2n) is 4.88. The molecule has 22 heavy (non-hydrogen) atoms. The molecule has 1 fully saturated rings. The SMILES string of the molecule is Nn1c(SCc2nccn2C(F)F)nnc1[C@H]1CCCCO1. The van der Waals surface area contributed by atoms with Crippen molar-refractivity contribution in [1.82, 2.24) is 24.4 Å². The van der Waals surface area contributed by atoms with E-state index < -0.39 is 6.55 Å². The van der Waals surface area contributed by atoms with Gasteiger partial charge in [0.05, 0.1) is 5.75 Å². The number of hydrogen-bond donors (Lipinski definition) is 1. The fraction of sp³-hybridized carbons (Fsp3) is 0.583. The van der Waals surface area contributed by atoms with Crippen LogP contribution in [0.4, 0.5) is 8.78 Å². The summed E-state index contributed by atoms with van der Waals surface area (Å²) in [7, 11) is 0. The summed E-state index contributed by atoms with van der Waals surface area (Å²) in [4.78, 5) is 3.92. The number of ether oxygens (including phenoxy) is 1. The Bertz CT molecular complexity index is 625. The molecule has 0 unspecified atom stereocenters. The lowest BCUT2D eigenvalue weighted by Crippen LogP contribution is -2.21. The average Bonchev–Trinajstić information content (AvgIpc) is 3.13. The minimum Gasteiger partial charge on any atom is -0.370 e. The van der Waals surface area contributed by atoms with Gasteiger partial charge in [-0.3, -0.25) is 4.57 Å². The van der Waals surface area contributed by atoms with E-state index in [1.165, 1.54) is 28.8 Å². The second-order valence-corrected chi connectivity index (χ2v) is 5.83. The Morgan fingerprint density at radius 3 is 3.00 bits per heavy atom. The molecule has 2 N–H and O–H groups in total. The third-order valence-corrected chi connectivity index (χ3v) is 4.39. The quantitative estimate of drug-likeness (QED) is 0.668. The Kier molecular flexibility index (Phi) is 4.57. The molecule has 0 aromatic carbocycles. The summed E-state index contributed by atoms with van der Waals surface area (Å²) in [6.07, 6.45) is 5.39. The maximum atomic E-state index is 12.8. The molecule has 120 valence electrons. The van der Waals surface area contributed by atoms with Crippen molar-refractivity contribution >= 4 is 11.8 Å². The van der Waals surface area contributed by atoms with Crippen LogP contribution in [0, 0.1) is 0 Å². The van der Waals surface area contributed by atoms with Crippen LogP contribution in [0.3, 0.4) is 0 Å². The average molecular weight is 330 g/mol. The molecule has 2 aromatic rings. The Morgan fingerprint density at radius 1 is 1.41 bits per heavy atom. The van der Waals surface area contributed by atoms with E-state index in [1.54, 1.807) is 0 Å². The van der Waals surface area contributed by atoms with Crippen molar-refractivity contribution in [1.29, 1.82) is 0 Å². The summed E-state index contributed by atoms with van der Waals surface area (Å²) >= 11 is 1.21. The Labute approximate surface area is 129 Å². The summed E-state index contributed by atoms with van der Waals surface area (Å²) in [5, 5.41) is 8.53. The number of rotatable bonds is 5. The Morgan fingerprint density at radius 2 is 2.27 bits per heavy atom. The highest BCUT2D eigenvalue weighted by Crippen LogP contribution is 2.28. The molecular formula is C12H16F2N6OS. The van der Waals surface area contributed by atoms with Crippen LogP contribution < -0.4 is 5.84 Å². The van der Waals surface area contributed by atoms with Gasteiger partial charge in [-0.25, -0.2) is 9.66 Å². The fourth-order valence-electron chi connectivity index (χ4n) is 2.31. The lowest BCUT2D eigenvalue weighted by atomic mass is 10.1. The van der Waals surface area contributed by atoms with Gasteiger partial charge >= 0.3 is 6.55 Å². The summed E-state index contributed by atoms with van der Waals surface area (Å²) < 4.78 is 33.3. The number of aromatic nitrogens is 5. The van der Waals surface area contributed by atoms with Gasteiger partial charge in [0.15, 0.2) is 5.82 Å². The van der Waals surface area contributed by atoms with Gasteiger partial charge in [-0.05, 0) is 19.3 Å². The van der Waals surface area contributed by atoms with Crippen LogP contribution in [-0.2, 0) is 10.5 Å². The standard InChI is InChI=1S/C12H16F2N6OS/c13-11(14)19-5-4-16-9(19)7-22-12-18-17-10(20(12)15)8-3-1-2-6-21-8/h4-5,8,11H,1-3,6-7,15H2/t8-/m1/s1. The first kappa shape index (κ1) is 15.2. The zero-order valence-electron chi connectivity index (χ0n) is 11.7. The summed E-state index contributed by atoms with van der Waals surface area (Å²) in [5.41, 5.74) is 0. The summed E-state index contributed by atoms with van der Waals surface area (Å²) in [5.74, 6) is 7.05. The lowest BCUT2D eigenvalue weighted by molar-refractivity contribution is 0.00780. The number of alkyl halides is 2. The second kappa shape index (κ2) is 6.61. The van der Waals surface area contributed by atoms with Crippen LogP contribution in [0.1, 0.15) is 43.6 Å². The third kappa shape index (κ3) is 3.07. The van der Waals surface area contributed by atoms with Gasteiger partial charge < -0.3 is 10.6 Å². The van der Waals surface area contributed by atoms with E-state index in [0.29, 0.717) is 17.6 Å². The fourth-order valence-corrected chi connectivity index (χ4v) is 3.13. The number of nitrogens with zero attached hydrogens (tertiary/aromatic N) is 5. The highest BCUT2D eigenvalue weighted by molar-refractivity contribution is 7.98. The van der Waals surface area contributed by atoms with Crippen molar-refractivity contribution in [2.45, 2.75) is 42.8 Å². The molecule has 0 amide bonds. The van der Waals surface area contributed by atoms with Crippen LogP contribution in [0.25, 0.3) is 0 Å². The van der Waals surface area contributed by atoms with E-state index in [9.17, 15) is 8.78 Å². The lowest BCUT2D eigenvalue weighted by Gasteiger charge is -2.21. The number of nitrogen functional groups attached to an aromatic ring is 1. The number of hydrogen-bond acceptors (Lipinski definition) is 6. The van der Waals surface area contributed by atoms with Gasteiger partial charge in [-0.15, -0.1) is 10.2 Å². The molecule has 0 saturated carbocycles. The highest BCUT2D eigenvalue weighted by atomic mass is 32.2. The topological polar surface area (TPSA) is 83.8 Å². The van der Waals surface area contributed by atoms with Crippen molar-refractivity contribution in [2.24, 2.45) is 0 Å². The van der Waals surface area contributed by atoms with Crippen LogP contribution in [-0.4, -0.2) is 31.0 Å². The Hall–Kier alpha value is -1.68. The molecular weight excluding hydrogens is 314 g/mol. The number of halogens is 2. The first-order valence-corrected chi connectivity index (χ1v) is 7.90. The minimum absolute atomic E-state index is 0.149. The number of imidazole rings is 1. The molecule has 0 aliphatic carbocycles. The largest absolute Gasteiger partial charge is 0.370 e. The normalized spacial score (nSPS) is 19.0. The molecule has 7 nitrogen and oxygen atoms in total. The maximum absolute atomic E-state index is 12.8. The highest BCUT2D eigenvalue weighted by Gasteiger charge is 2.23. The van der Waals surface area contributed by atoms with E-state index in [1.807, 2.05) is 0 Å². The number of thioether (sulfide) groups is 1. The van der Waals surface area contributed by atoms with E-state index in [-0.39, 0.29) is 17.7 Å². The molecule has 1 saturated heterocycles. The van der Waals surface area contributed by atoms with Crippen LogP contribution in [0.2, 0.25) is 0 Å². The molecule has 2 aromatic heterocycles. The first-order chi connectivity index (χ1) is 10.7. The molecule has 1 aliphatic rings. The van der Waals surface area contributed by atoms with Gasteiger partial charge in [0.2, 0.25) is 5.16 Å². The van der Waals surface area contributed by atoms with E-state index >= 15 is 0 Å². The molecule has 0 spiro atoms. The minimum atomic E-state index is -2.61. The zero-order chi connectivity index (χ0) is 15.5. The van der Waals surface area contributed by atoms with Crippen LogP contribution >= 0.6 is 11.8 Å².